The van der Waals surface area contributed by atoms with E-state index in [0.717, 1.165) is 30.1 Å². The van der Waals surface area contributed by atoms with Gasteiger partial charge < -0.3 is 23.8 Å². The summed E-state index contributed by atoms with van der Waals surface area (Å²) in [5.41, 5.74) is 0.0890. The molecule has 166 valence electrons. The predicted molar refractivity (Wildman–Crippen MR) is 121 cm³/mol. The highest BCUT2D eigenvalue weighted by molar-refractivity contribution is 6.63. The van der Waals surface area contributed by atoms with E-state index in [-0.39, 0.29) is 11.2 Å². The van der Waals surface area contributed by atoms with Gasteiger partial charge in [0.05, 0.1) is 18.3 Å². The van der Waals surface area contributed by atoms with Crippen molar-refractivity contribution in [3.05, 3.63) is 12.3 Å². The van der Waals surface area contributed by atoms with Gasteiger partial charge in [0.15, 0.2) is 0 Å². The first kappa shape index (κ1) is 21.9. The number of likely N-dealkylation sites (N-methyl/N-ethyl adjacent to an activating group) is 1. The van der Waals surface area contributed by atoms with Crippen molar-refractivity contribution in [2.75, 3.05) is 58.3 Å². The maximum atomic E-state index is 6.20. The van der Waals surface area contributed by atoms with Crippen LogP contribution < -0.4 is 15.1 Å². The number of piperazine rings is 1. The summed E-state index contributed by atoms with van der Waals surface area (Å²) in [5, 5.41) is 0. The molecule has 30 heavy (non-hydrogen) atoms. The smallest absolute Gasteiger partial charge is 0.497 e. The van der Waals surface area contributed by atoms with E-state index in [2.05, 4.69) is 49.4 Å². The topological polar surface area (TPSA) is 50.3 Å². The molecule has 0 atom stereocenters. The lowest BCUT2D eigenvalue weighted by molar-refractivity contribution is 0.00578. The van der Waals surface area contributed by atoms with Crippen molar-refractivity contribution in [1.29, 1.82) is 0 Å². The molecular weight excluding hydrogens is 379 g/mol. The molecule has 0 unspecified atom stereocenters. The quantitative estimate of drug-likeness (QED) is 0.692. The Morgan fingerprint density at radius 2 is 1.60 bits per heavy atom. The summed E-state index contributed by atoms with van der Waals surface area (Å²) in [5.74, 6) is 1.75. The Morgan fingerprint density at radius 1 is 1.00 bits per heavy atom. The number of pyridine rings is 1. The van der Waals surface area contributed by atoms with Gasteiger partial charge in [-0.05, 0) is 47.6 Å². The number of nitrogens with zero attached hydrogens (tertiary/aromatic N) is 4. The van der Waals surface area contributed by atoms with Gasteiger partial charge in [0.25, 0.3) is 0 Å². The Hall–Kier alpha value is -1.35. The number of hydrogen-bond acceptors (Lipinski definition) is 7. The van der Waals surface area contributed by atoms with Gasteiger partial charge >= 0.3 is 7.12 Å². The third-order valence-electron chi connectivity index (χ3n) is 7.45. The van der Waals surface area contributed by atoms with Gasteiger partial charge in [-0.25, -0.2) is 4.98 Å². The molecule has 8 heteroatoms. The van der Waals surface area contributed by atoms with Gasteiger partial charge in [-0.3, -0.25) is 4.90 Å². The van der Waals surface area contributed by atoms with Crippen LogP contribution >= 0.6 is 0 Å². The van der Waals surface area contributed by atoms with Crippen molar-refractivity contribution in [2.24, 2.45) is 0 Å². The summed E-state index contributed by atoms with van der Waals surface area (Å²) in [6.45, 7) is 15.0. The van der Waals surface area contributed by atoms with E-state index in [9.17, 15) is 0 Å². The largest absolute Gasteiger partial charge is 0.500 e. The van der Waals surface area contributed by atoms with Crippen molar-refractivity contribution in [3.8, 4) is 5.75 Å². The van der Waals surface area contributed by atoms with Crippen LogP contribution in [0.15, 0.2) is 12.3 Å². The number of aromatic nitrogens is 1. The third kappa shape index (κ3) is 4.20. The highest BCUT2D eigenvalue weighted by atomic mass is 16.7. The van der Waals surface area contributed by atoms with Crippen molar-refractivity contribution in [2.45, 2.75) is 57.8 Å². The average Bonchev–Trinajstić information content (AvgIpc) is 2.95. The summed E-state index contributed by atoms with van der Waals surface area (Å²) >= 11 is 0. The van der Waals surface area contributed by atoms with E-state index in [1.807, 2.05) is 12.3 Å². The van der Waals surface area contributed by atoms with Crippen molar-refractivity contribution in [3.63, 3.8) is 0 Å². The minimum atomic E-state index is -0.463. The maximum absolute atomic E-state index is 6.20. The van der Waals surface area contributed by atoms with Crippen molar-refractivity contribution >= 4 is 18.4 Å². The predicted octanol–water partition coefficient (Wildman–Crippen LogP) is 1.61. The molecule has 0 aliphatic carbocycles. The fraction of sp³-hybridized carbons (Fsp3) is 0.773. The lowest BCUT2D eigenvalue weighted by atomic mass is 9.79. The molecule has 0 aromatic carbocycles. The van der Waals surface area contributed by atoms with Gasteiger partial charge in [-0.15, -0.1) is 0 Å². The van der Waals surface area contributed by atoms with Crippen LogP contribution in [0.4, 0.5) is 5.82 Å². The molecule has 0 N–H and O–H groups in total. The summed E-state index contributed by atoms with van der Waals surface area (Å²) in [6.07, 6.45) is 4.24. The van der Waals surface area contributed by atoms with Crippen LogP contribution in [0.5, 0.6) is 5.75 Å². The number of ether oxygens (including phenoxy) is 1. The molecule has 3 aliphatic rings. The first-order chi connectivity index (χ1) is 14.2. The lowest BCUT2D eigenvalue weighted by Crippen LogP contribution is -2.52. The van der Waals surface area contributed by atoms with Crippen LogP contribution in [-0.4, -0.2) is 92.6 Å². The minimum absolute atomic E-state index is 0.382. The number of hydrogen-bond donors (Lipinski definition) is 0. The molecule has 1 aromatic heterocycles. The molecule has 3 fully saturated rings. The molecule has 0 spiro atoms. The SMILES string of the molecule is COc1cc(N2CCC(N3CCN(C)CC3)CC2)ncc1B1OC(C)(C)C(C)(C)O1. The zero-order chi connectivity index (χ0) is 21.5. The van der Waals surface area contributed by atoms with Crippen LogP contribution in [0.2, 0.25) is 0 Å². The Morgan fingerprint density at radius 3 is 2.17 bits per heavy atom. The molecule has 0 amide bonds. The first-order valence-electron chi connectivity index (χ1n) is 11.3. The summed E-state index contributed by atoms with van der Waals surface area (Å²) in [4.78, 5) is 12.2. The van der Waals surface area contributed by atoms with Crippen LogP contribution in [-0.2, 0) is 9.31 Å². The maximum Gasteiger partial charge on any atom is 0.500 e. The standard InChI is InChI=1S/C22H37BN4O3/c1-21(2)22(3,4)30-23(29-21)18-16-24-20(15-19(18)28-6)27-9-7-17(8-10-27)26-13-11-25(5)12-14-26/h15-17H,7-14H2,1-6H3. The molecule has 1 aromatic rings. The highest BCUT2D eigenvalue weighted by Gasteiger charge is 2.52. The molecule has 0 bridgehead atoms. The molecule has 7 nitrogen and oxygen atoms in total. The normalized spacial score (nSPS) is 25.7. The van der Waals surface area contributed by atoms with E-state index < -0.39 is 7.12 Å². The zero-order valence-electron chi connectivity index (χ0n) is 19.5. The van der Waals surface area contributed by atoms with Gasteiger partial charge in [-0.1, -0.05) is 0 Å². The fourth-order valence-corrected chi connectivity index (χ4v) is 4.58. The molecule has 4 rings (SSSR count). The average molecular weight is 416 g/mol. The molecule has 4 heterocycles. The second kappa shape index (κ2) is 8.30. The highest BCUT2D eigenvalue weighted by Crippen LogP contribution is 2.37. The molecular formula is C22H37BN4O3. The van der Waals surface area contributed by atoms with Gasteiger partial charge in [0, 0.05) is 63.0 Å². The second-order valence-corrected chi connectivity index (χ2v) is 9.93. The van der Waals surface area contributed by atoms with E-state index >= 15 is 0 Å². The van der Waals surface area contributed by atoms with E-state index in [4.69, 9.17) is 19.0 Å². The summed E-state index contributed by atoms with van der Waals surface area (Å²) in [6, 6.07) is 2.73. The third-order valence-corrected chi connectivity index (χ3v) is 7.45. The number of anilines is 1. The molecule has 0 saturated carbocycles. The molecule has 3 saturated heterocycles. The van der Waals surface area contributed by atoms with Crippen molar-refractivity contribution < 1.29 is 14.0 Å². The summed E-state index contributed by atoms with van der Waals surface area (Å²) < 4.78 is 18.1. The van der Waals surface area contributed by atoms with Crippen LogP contribution in [0, 0.1) is 0 Å². The molecule has 0 radical (unpaired) electrons. The number of rotatable bonds is 4. The second-order valence-electron chi connectivity index (χ2n) is 9.93. The first-order valence-corrected chi connectivity index (χ1v) is 11.3. The Balaban J connectivity index is 1.41. The number of piperidine rings is 1. The van der Waals surface area contributed by atoms with E-state index in [1.54, 1.807) is 7.11 Å². The fourth-order valence-electron chi connectivity index (χ4n) is 4.58. The van der Waals surface area contributed by atoms with Gasteiger partial charge in [-0.2, -0.15) is 0 Å². The summed E-state index contributed by atoms with van der Waals surface area (Å²) in [7, 11) is 3.45. The minimum Gasteiger partial charge on any atom is -0.497 e. The Kier molecular flexibility index (Phi) is 6.05. The number of methoxy groups -OCH3 is 1. The molecule has 3 aliphatic heterocycles. The Bertz CT molecular complexity index is 728. The van der Waals surface area contributed by atoms with Crippen LogP contribution in [0.3, 0.4) is 0 Å². The van der Waals surface area contributed by atoms with E-state index in [0.29, 0.717) is 6.04 Å². The van der Waals surface area contributed by atoms with Gasteiger partial charge in [0.1, 0.15) is 11.6 Å². The van der Waals surface area contributed by atoms with E-state index in [1.165, 1.54) is 39.0 Å². The van der Waals surface area contributed by atoms with Crippen molar-refractivity contribution in [1.82, 2.24) is 14.8 Å². The zero-order valence-corrected chi connectivity index (χ0v) is 19.5. The van der Waals surface area contributed by atoms with Gasteiger partial charge in [0.2, 0.25) is 0 Å². The lowest BCUT2D eigenvalue weighted by Gasteiger charge is -2.42. The van der Waals surface area contributed by atoms with Crippen LogP contribution in [0.1, 0.15) is 40.5 Å². The monoisotopic (exact) mass is 416 g/mol. The Labute approximate surface area is 181 Å². The van der Waals surface area contributed by atoms with Crippen LogP contribution in [0.25, 0.3) is 0 Å².